The summed E-state index contributed by atoms with van der Waals surface area (Å²) in [6.07, 6.45) is -3.96. The first-order valence-electron chi connectivity index (χ1n) is 24.1. The standard InChI is InChI=1S/2C27H34Cl2N2O5S.CH4/c2*1-17(16-37(34,35)27(2,3)4)31-24(18-10-12-20(28)13-11-18)25(19-8-7-9-21(29)14-19)36-22(26(31)33)15-23(32)30(5)6;/h2*7-14,17,22,24-25H,15-16H2,1-6H3;1H4/t17-,22+,24+,25+;17-,22-,24+,25+;/m00./s1. The van der Waals surface area contributed by atoms with E-state index in [-0.39, 0.29) is 43.6 Å². The van der Waals surface area contributed by atoms with Gasteiger partial charge in [-0.05, 0) is 126 Å². The molecule has 412 valence electrons. The highest BCUT2D eigenvalue weighted by atomic mass is 35.5. The van der Waals surface area contributed by atoms with E-state index < -0.39 is 89.6 Å². The molecule has 20 heteroatoms. The molecule has 4 aromatic carbocycles. The highest BCUT2D eigenvalue weighted by Gasteiger charge is 2.50. The topological polar surface area (TPSA) is 168 Å². The Bertz CT molecular complexity index is 2680. The molecule has 4 aromatic rings. The Morgan fingerprint density at radius 2 is 0.840 bits per heavy atom. The first kappa shape index (κ1) is 63.3. The molecule has 0 spiro atoms. The fraction of sp³-hybridized carbons (Fsp3) is 0.491. The molecule has 2 aliphatic rings. The molecule has 0 saturated carbocycles. The Labute approximate surface area is 464 Å². The van der Waals surface area contributed by atoms with E-state index in [4.69, 9.17) is 55.9 Å². The lowest BCUT2D eigenvalue weighted by atomic mass is 9.90. The molecule has 6 rings (SSSR count). The lowest BCUT2D eigenvalue weighted by Gasteiger charge is -2.47. The van der Waals surface area contributed by atoms with E-state index in [1.165, 1.54) is 9.80 Å². The van der Waals surface area contributed by atoms with Crippen molar-refractivity contribution in [2.45, 2.75) is 134 Å². The highest BCUT2D eigenvalue weighted by Crippen LogP contribution is 2.46. The SMILES string of the molecule is C.C[C@@H](CS(=O)(=O)C(C)(C)C)N1C(=O)[C@@H](CC(=O)N(C)C)O[C@H](c2cccc(Cl)c2)[C@H]1c1ccc(Cl)cc1.C[C@@H](CS(=O)(=O)C(C)(C)C)N1C(=O)[C@H](CC(=O)N(C)C)O[C@H](c2cccc(Cl)c2)[C@H]1c1ccc(Cl)cc1. The zero-order valence-electron chi connectivity index (χ0n) is 43.9. The molecule has 8 atom stereocenters. The molecule has 0 aromatic heterocycles. The van der Waals surface area contributed by atoms with Gasteiger partial charge in [-0.15, -0.1) is 0 Å². The Hall–Kier alpha value is -4.26. The largest absolute Gasteiger partial charge is 0.357 e. The number of halogens is 4. The van der Waals surface area contributed by atoms with Crippen LogP contribution in [0.3, 0.4) is 0 Å². The van der Waals surface area contributed by atoms with Gasteiger partial charge in [0, 0.05) is 60.4 Å². The summed E-state index contributed by atoms with van der Waals surface area (Å²) >= 11 is 24.9. The summed E-state index contributed by atoms with van der Waals surface area (Å²) in [6.45, 7) is 13.3. The van der Waals surface area contributed by atoms with E-state index in [0.29, 0.717) is 31.2 Å². The van der Waals surface area contributed by atoms with Gasteiger partial charge in [0.15, 0.2) is 19.7 Å². The van der Waals surface area contributed by atoms with Crippen LogP contribution in [0, 0.1) is 0 Å². The number of sulfone groups is 2. The normalized spacial score (nSPS) is 21.3. The maximum atomic E-state index is 13.9. The second-order valence-electron chi connectivity index (χ2n) is 21.2. The molecular formula is C55H72Cl4N4O10S2. The van der Waals surface area contributed by atoms with Gasteiger partial charge in [-0.1, -0.05) is 102 Å². The number of benzene rings is 4. The average molecular weight is 1160 g/mol. The van der Waals surface area contributed by atoms with Gasteiger partial charge in [-0.3, -0.25) is 19.2 Å². The second-order valence-corrected chi connectivity index (χ2v) is 28.5. The first-order chi connectivity index (χ1) is 34.2. The van der Waals surface area contributed by atoms with Crippen LogP contribution in [0.2, 0.25) is 20.1 Å². The van der Waals surface area contributed by atoms with Crippen molar-refractivity contribution >= 4 is 89.7 Å². The summed E-state index contributed by atoms with van der Waals surface area (Å²) in [5, 5.41) is 2.03. The average Bonchev–Trinajstić information content (AvgIpc) is 3.29. The molecule has 2 heterocycles. The molecule has 0 unspecified atom stereocenters. The van der Waals surface area contributed by atoms with Crippen LogP contribution in [-0.4, -0.2) is 134 Å². The summed E-state index contributed by atoms with van der Waals surface area (Å²) in [5.41, 5.74) is 2.86. The van der Waals surface area contributed by atoms with Crippen LogP contribution in [-0.2, 0) is 48.3 Å². The van der Waals surface area contributed by atoms with Crippen molar-refractivity contribution in [3.05, 3.63) is 139 Å². The Morgan fingerprint density at radius 1 is 0.533 bits per heavy atom. The summed E-state index contributed by atoms with van der Waals surface area (Å²) in [4.78, 5) is 59.0. The molecule has 0 aliphatic carbocycles. The smallest absolute Gasteiger partial charge is 0.253 e. The van der Waals surface area contributed by atoms with Gasteiger partial charge in [0.2, 0.25) is 11.8 Å². The zero-order chi connectivity index (χ0) is 55.4. The quantitative estimate of drug-likeness (QED) is 0.118. The fourth-order valence-corrected chi connectivity index (χ4v) is 11.9. The Balaban J connectivity index is 0.000000320. The van der Waals surface area contributed by atoms with Crippen LogP contribution in [0.15, 0.2) is 97.1 Å². The fourth-order valence-electron chi connectivity index (χ4n) is 8.63. The number of carbonyl (C=O) groups excluding carboxylic acids is 4. The molecule has 4 amide bonds. The van der Waals surface area contributed by atoms with Gasteiger partial charge >= 0.3 is 0 Å². The zero-order valence-corrected chi connectivity index (χ0v) is 48.5. The maximum Gasteiger partial charge on any atom is 0.253 e. The Kier molecular flexibility index (Phi) is 21.5. The van der Waals surface area contributed by atoms with E-state index >= 15 is 0 Å². The summed E-state index contributed by atoms with van der Waals surface area (Å²) in [6, 6.07) is 25.5. The second kappa shape index (κ2) is 25.5. The van der Waals surface area contributed by atoms with Gasteiger partial charge < -0.3 is 29.1 Å². The van der Waals surface area contributed by atoms with Crippen LogP contribution in [0.5, 0.6) is 0 Å². The minimum Gasteiger partial charge on any atom is -0.357 e. The third-order valence-corrected chi connectivity index (χ3v) is 19.6. The van der Waals surface area contributed by atoms with E-state index in [0.717, 1.165) is 11.1 Å². The number of rotatable bonds is 14. The molecule has 14 nitrogen and oxygen atoms in total. The number of morpholine rings is 2. The monoisotopic (exact) mass is 1150 g/mol. The lowest BCUT2D eigenvalue weighted by molar-refractivity contribution is -0.180. The molecule has 2 fully saturated rings. The number of ether oxygens (including phenoxy) is 2. The number of carbonyl (C=O) groups is 4. The molecule has 2 aliphatic heterocycles. The van der Waals surface area contributed by atoms with Crippen molar-refractivity contribution in [2.24, 2.45) is 0 Å². The van der Waals surface area contributed by atoms with Crippen molar-refractivity contribution in [3.63, 3.8) is 0 Å². The Morgan fingerprint density at radius 3 is 1.11 bits per heavy atom. The third kappa shape index (κ3) is 15.5. The van der Waals surface area contributed by atoms with E-state index in [9.17, 15) is 36.0 Å². The first-order valence-corrected chi connectivity index (χ1v) is 28.9. The number of amides is 4. The van der Waals surface area contributed by atoms with Crippen molar-refractivity contribution in [1.82, 2.24) is 19.6 Å². The van der Waals surface area contributed by atoms with E-state index in [1.54, 1.807) is 178 Å². The van der Waals surface area contributed by atoms with Crippen LogP contribution in [0.4, 0.5) is 0 Å². The van der Waals surface area contributed by atoms with Crippen molar-refractivity contribution in [3.8, 4) is 0 Å². The summed E-state index contributed by atoms with van der Waals surface area (Å²) in [5.74, 6) is -1.92. The molecule has 0 N–H and O–H groups in total. The predicted octanol–water partition coefficient (Wildman–Crippen LogP) is 10.8. The van der Waals surface area contributed by atoms with Crippen LogP contribution >= 0.6 is 46.4 Å². The van der Waals surface area contributed by atoms with Gasteiger partial charge in [0.25, 0.3) is 11.8 Å². The van der Waals surface area contributed by atoms with Gasteiger partial charge in [0.05, 0.1) is 45.9 Å². The van der Waals surface area contributed by atoms with Gasteiger partial charge in [-0.2, -0.15) is 0 Å². The molecule has 2 saturated heterocycles. The summed E-state index contributed by atoms with van der Waals surface area (Å²) < 4.78 is 63.4. The van der Waals surface area contributed by atoms with Crippen LogP contribution < -0.4 is 0 Å². The molecule has 0 radical (unpaired) electrons. The van der Waals surface area contributed by atoms with Crippen molar-refractivity contribution in [2.75, 3.05) is 39.7 Å². The number of hydrogen-bond donors (Lipinski definition) is 0. The molecule has 0 bridgehead atoms. The van der Waals surface area contributed by atoms with Gasteiger partial charge in [0.1, 0.15) is 24.4 Å². The third-order valence-electron chi connectivity index (χ3n) is 13.1. The number of nitrogens with zero attached hydrogens (tertiary/aromatic N) is 4. The molecule has 75 heavy (non-hydrogen) atoms. The van der Waals surface area contributed by atoms with E-state index in [1.807, 2.05) is 12.1 Å². The lowest BCUT2D eigenvalue weighted by Crippen LogP contribution is -2.56. The predicted molar refractivity (Wildman–Crippen MR) is 300 cm³/mol. The molecular weight excluding hydrogens is 1080 g/mol. The number of hydrogen-bond acceptors (Lipinski definition) is 10. The van der Waals surface area contributed by atoms with E-state index in [2.05, 4.69) is 0 Å². The highest BCUT2D eigenvalue weighted by molar-refractivity contribution is 7.93. The minimum atomic E-state index is -3.58. The maximum absolute atomic E-state index is 13.9. The van der Waals surface area contributed by atoms with Crippen molar-refractivity contribution in [1.29, 1.82) is 0 Å². The minimum absolute atomic E-state index is 0. The van der Waals surface area contributed by atoms with Gasteiger partial charge in [-0.25, -0.2) is 16.8 Å². The summed E-state index contributed by atoms with van der Waals surface area (Å²) in [7, 11) is -0.722. The van der Waals surface area contributed by atoms with Crippen molar-refractivity contribution < 1.29 is 45.5 Å². The van der Waals surface area contributed by atoms with Crippen LogP contribution in [0.1, 0.15) is 122 Å². The van der Waals surface area contributed by atoms with Crippen LogP contribution in [0.25, 0.3) is 0 Å².